The maximum absolute atomic E-state index is 13.4. The van der Waals surface area contributed by atoms with Crippen LogP contribution < -0.4 is 0 Å². The lowest BCUT2D eigenvalue weighted by Crippen LogP contribution is -2.59. The number of carbonyl (C=O) groups is 7. The minimum atomic E-state index is -1.19. The minimum Gasteiger partial charge on any atom is -0.303 e. The Morgan fingerprint density at radius 3 is 2.00 bits per heavy atom. The molecule has 3 aliphatic heterocycles. The zero-order chi connectivity index (χ0) is 31.7. The second kappa shape index (κ2) is 12.8. The van der Waals surface area contributed by atoms with Gasteiger partial charge in [0, 0.05) is 25.2 Å². The second-order valence-corrected chi connectivity index (χ2v) is 12.2. The highest BCUT2D eigenvalue weighted by Gasteiger charge is 2.49. The van der Waals surface area contributed by atoms with Crippen LogP contribution in [0.1, 0.15) is 83.6 Å². The van der Waals surface area contributed by atoms with Crippen LogP contribution in [0.4, 0.5) is 0 Å². The summed E-state index contributed by atoms with van der Waals surface area (Å²) >= 11 is 0. The standard InChI is InChI=1S/C35H35N3O7/c39-29-20-24(22-8-2-1-3-9-22)21-30(40)27(29)12-6-7-17-36-18-15-23(16-19-36)32(42)38-31(41)14-13-28(35(38)45)37-33(43)25-10-4-5-11-26(25)34(37)44/h1-5,8-12,23-24,28H,6-7,13-21H2. The number of fused-ring (bicyclic) bond motifs is 1. The van der Waals surface area contributed by atoms with Gasteiger partial charge in [0.25, 0.3) is 17.7 Å². The summed E-state index contributed by atoms with van der Waals surface area (Å²) in [7, 11) is 0. The topological polar surface area (TPSA) is 129 Å². The first-order valence-corrected chi connectivity index (χ1v) is 15.7. The van der Waals surface area contributed by atoms with Gasteiger partial charge in [-0.3, -0.25) is 38.5 Å². The van der Waals surface area contributed by atoms with Crippen LogP contribution in [0, 0.1) is 5.92 Å². The highest BCUT2D eigenvalue weighted by Crippen LogP contribution is 2.33. The van der Waals surface area contributed by atoms with E-state index in [2.05, 4.69) is 4.90 Å². The van der Waals surface area contributed by atoms with Crippen molar-refractivity contribution in [2.75, 3.05) is 19.6 Å². The number of Topliss-reactive ketones (excluding diaryl/α,β-unsaturated/α-hetero) is 2. The van der Waals surface area contributed by atoms with Crippen molar-refractivity contribution in [2.45, 2.75) is 63.3 Å². The molecule has 232 valence electrons. The molecule has 2 saturated heterocycles. The van der Waals surface area contributed by atoms with Crippen LogP contribution in [0.5, 0.6) is 0 Å². The van der Waals surface area contributed by atoms with E-state index in [4.69, 9.17) is 0 Å². The molecule has 45 heavy (non-hydrogen) atoms. The van der Waals surface area contributed by atoms with Gasteiger partial charge in [0.1, 0.15) is 6.04 Å². The number of allylic oxidation sites excluding steroid dienone is 2. The third-order valence-corrected chi connectivity index (χ3v) is 9.44. The average molecular weight is 610 g/mol. The van der Waals surface area contributed by atoms with E-state index in [1.165, 1.54) is 12.1 Å². The van der Waals surface area contributed by atoms with Gasteiger partial charge in [-0.05, 0) is 75.4 Å². The fourth-order valence-electron chi connectivity index (χ4n) is 6.96. The van der Waals surface area contributed by atoms with E-state index in [0.29, 0.717) is 55.7 Å². The molecule has 1 aliphatic carbocycles. The molecule has 1 saturated carbocycles. The zero-order valence-electron chi connectivity index (χ0n) is 25.0. The van der Waals surface area contributed by atoms with Crippen molar-refractivity contribution in [3.63, 3.8) is 0 Å². The number of likely N-dealkylation sites (tertiary alicyclic amines) is 2. The summed E-state index contributed by atoms with van der Waals surface area (Å²) in [6.45, 7) is 1.92. The number of ketones is 2. The Hall–Kier alpha value is -4.57. The molecule has 10 heteroatoms. The number of hydrogen-bond donors (Lipinski definition) is 0. The van der Waals surface area contributed by atoms with Crippen molar-refractivity contribution >= 4 is 41.1 Å². The Balaban J connectivity index is 0.989. The average Bonchev–Trinajstić information content (AvgIpc) is 3.30. The van der Waals surface area contributed by atoms with Gasteiger partial charge in [-0.25, -0.2) is 4.90 Å². The first-order valence-electron chi connectivity index (χ1n) is 15.7. The van der Waals surface area contributed by atoms with Crippen LogP contribution in [-0.4, -0.2) is 81.5 Å². The largest absolute Gasteiger partial charge is 0.303 e. The van der Waals surface area contributed by atoms with Crippen LogP contribution in [0.15, 0.2) is 66.2 Å². The van der Waals surface area contributed by atoms with E-state index in [0.717, 1.165) is 23.4 Å². The van der Waals surface area contributed by atoms with Gasteiger partial charge >= 0.3 is 0 Å². The number of unbranched alkanes of at least 4 members (excludes halogenated alkanes) is 1. The number of benzene rings is 2. The van der Waals surface area contributed by atoms with E-state index in [1.807, 2.05) is 30.3 Å². The second-order valence-electron chi connectivity index (χ2n) is 12.2. The molecule has 3 heterocycles. The summed E-state index contributed by atoms with van der Waals surface area (Å²) in [5.74, 6) is -3.97. The number of rotatable bonds is 7. The minimum absolute atomic E-state index is 0.00762. The van der Waals surface area contributed by atoms with Crippen molar-refractivity contribution in [1.29, 1.82) is 0 Å². The molecule has 0 radical (unpaired) electrons. The zero-order valence-corrected chi connectivity index (χ0v) is 25.0. The number of hydrogen-bond acceptors (Lipinski definition) is 8. The first kappa shape index (κ1) is 30.5. The fraction of sp³-hybridized carbons (Fsp3) is 0.400. The molecule has 0 bridgehead atoms. The summed E-state index contributed by atoms with van der Waals surface area (Å²) in [5.41, 5.74) is 1.74. The highest BCUT2D eigenvalue weighted by molar-refractivity contribution is 6.25. The molecule has 1 unspecified atom stereocenters. The lowest BCUT2D eigenvalue weighted by atomic mass is 9.79. The Morgan fingerprint density at radius 2 is 1.38 bits per heavy atom. The van der Waals surface area contributed by atoms with Crippen molar-refractivity contribution in [2.24, 2.45) is 5.92 Å². The van der Waals surface area contributed by atoms with Crippen LogP contribution >= 0.6 is 0 Å². The molecule has 2 aromatic carbocycles. The summed E-state index contributed by atoms with van der Waals surface area (Å²) in [4.78, 5) is 94.8. The number of amides is 5. The van der Waals surface area contributed by atoms with E-state index in [9.17, 15) is 33.6 Å². The van der Waals surface area contributed by atoms with Crippen LogP contribution in [0.2, 0.25) is 0 Å². The molecule has 6 rings (SSSR count). The van der Waals surface area contributed by atoms with E-state index in [1.54, 1.807) is 18.2 Å². The van der Waals surface area contributed by atoms with Crippen LogP contribution in [0.3, 0.4) is 0 Å². The smallest absolute Gasteiger partial charge is 0.262 e. The van der Waals surface area contributed by atoms with Gasteiger partial charge in [0.2, 0.25) is 11.8 Å². The number of imide groups is 4. The molecule has 1 atom stereocenters. The van der Waals surface area contributed by atoms with Crippen molar-refractivity contribution in [3.8, 4) is 0 Å². The molecule has 0 N–H and O–H groups in total. The van der Waals surface area contributed by atoms with Crippen molar-refractivity contribution in [3.05, 3.63) is 82.9 Å². The number of carbonyl (C=O) groups excluding carboxylic acids is 7. The fourth-order valence-corrected chi connectivity index (χ4v) is 6.96. The molecule has 5 amide bonds. The molecule has 0 spiro atoms. The van der Waals surface area contributed by atoms with Gasteiger partial charge in [0.15, 0.2) is 11.6 Å². The number of piperidine rings is 2. The number of nitrogens with zero attached hydrogens (tertiary/aromatic N) is 3. The highest BCUT2D eigenvalue weighted by atomic mass is 16.2. The van der Waals surface area contributed by atoms with Gasteiger partial charge in [-0.1, -0.05) is 48.5 Å². The molecular formula is C35H35N3O7. The Bertz CT molecular complexity index is 1550. The summed E-state index contributed by atoms with van der Waals surface area (Å²) in [5, 5.41) is 0. The van der Waals surface area contributed by atoms with Gasteiger partial charge in [-0.2, -0.15) is 0 Å². The third kappa shape index (κ3) is 5.94. The van der Waals surface area contributed by atoms with Gasteiger partial charge in [-0.15, -0.1) is 0 Å². The maximum Gasteiger partial charge on any atom is 0.262 e. The maximum atomic E-state index is 13.4. The monoisotopic (exact) mass is 609 g/mol. The molecule has 2 aromatic rings. The van der Waals surface area contributed by atoms with Gasteiger partial charge in [0.05, 0.1) is 16.7 Å². The Labute approximate surface area is 261 Å². The Kier molecular flexibility index (Phi) is 8.67. The molecular weight excluding hydrogens is 574 g/mol. The van der Waals surface area contributed by atoms with Crippen molar-refractivity contribution < 1.29 is 33.6 Å². The summed E-state index contributed by atoms with van der Waals surface area (Å²) in [6, 6.07) is 14.8. The first-order chi connectivity index (χ1) is 21.7. The van der Waals surface area contributed by atoms with E-state index in [-0.39, 0.29) is 41.5 Å². The summed E-state index contributed by atoms with van der Waals surface area (Å²) < 4.78 is 0. The van der Waals surface area contributed by atoms with Gasteiger partial charge < -0.3 is 4.90 Å². The normalized spacial score (nSPS) is 23.2. The van der Waals surface area contributed by atoms with E-state index < -0.39 is 41.5 Å². The van der Waals surface area contributed by atoms with Crippen LogP contribution in [0.25, 0.3) is 0 Å². The predicted octanol–water partition coefficient (Wildman–Crippen LogP) is 3.46. The Morgan fingerprint density at radius 1 is 0.778 bits per heavy atom. The third-order valence-electron chi connectivity index (χ3n) is 9.44. The molecule has 4 aliphatic rings. The SMILES string of the molecule is O=C1CC(c2ccccc2)CC(=O)C1=CCCCN1CCC(C(=O)N2C(=O)CCC(N3C(=O)c4ccccc4C3=O)C2=O)CC1. The predicted molar refractivity (Wildman–Crippen MR) is 162 cm³/mol. The molecule has 10 nitrogen and oxygen atoms in total. The quantitative estimate of drug-likeness (QED) is 0.202. The lowest BCUT2D eigenvalue weighted by Gasteiger charge is -2.37. The molecule has 3 fully saturated rings. The molecule has 0 aromatic heterocycles. The lowest BCUT2D eigenvalue weighted by molar-refractivity contribution is -0.161. The van der Waals surface area contributed by atoms with Crippen LogP contribution in [-0.2, 0) is 24.0 Å². The van der Waals surface area contributed by atoms with Crippen molar-refractivity contribution in [1.82, 2.24) is 14.7 Å². The summed E-state index contributed by atoms with van der Waals surface area (Å²) in [6.07, 6.45) is 4.59. The van der Waals surface area contributed by atoms with E-state index >= 15 is 0 Å².